The Kier molecular flexibility index (Phi) is 3.60. The third-order valence-corrected chi connectivity index (χ3v) is 2.20. The van der Waals surface area contributed by atoms with Crippen LogP contribution in [-0.2, 0) is 4.79 Å². The van der Waals surface area contributed by atoms with Crippen LogP contribution in [0.15, 0.2) is 18.2 Å². The van der Waals surface area contributed by atoms with Crippen molar-refractivity contribution in [3.05, 3.63) is 34.3 Å². The number of benzene rings is 1. The van der Waals surface area contributed by atoms with E-state index in [1.807, 2.05) is 0 Å². The lowest BCUT2D eigenvalue weighted by atomic mass is 10.1. The maximum Gasteiger partial charge on any atom is 0.325 e. The smallest absolute Gasteiger partial charge is 0.325 e. The fourth-order valence-electron chi connectivity index (χ4n) is 1.06. The van der Waals surface area contributed by atoms with Gasteiger partial charge in [-0.05, 0) is 11.6 Å². The van der Waals surface area contributed by atoms with Gasteiger partial charge in [0.25, 0.3) is 6.43 Å². The van der Waals surface area contributed by atoms with Crippen LogP contribution in [0.2, 0.25) is 5.02 Å². The average Bonchev–Trinajstić information content (AvgIpc) is 2.16. The molecular formula is C9H8ClF2NO2. The summed E-state index contributed by atoms with van der Waals surface area (Å²) in [6.45, 7) is 0. The van der Waals surface area contributed by atoms with Gasteiger partial charge in [-0.2, -0.15) is 0 Å². The summed E-state index contributed by atoms with van der Waals surface area (Å²) < 4.78 is 24.5. The maximum absolute atomic E-state index is 12.2. The SMILES string of the molecule is NC(C(=O)O)c1ccc(C(F)F)cc1Cl. The van der Waals surface area contributed by atoms with E-state index in [0.29, 0.717) is 0 Å². The number of carboxylic acids is 1. The molecule has 1 rings (SSSR count). The fourth-order valence-corrected chi connectivity index (χ4v) is 1.37. The standard InChI is InChI=1S/C9H8ClF2NO2/c10-6-3-4(8(11)12)1-2-5(6)7(13)9(14)15/h1-3,7-8H,13H2,(H,14,15). The molecule has 0 saturated heterocycles. The van der Waals surface area contributed by atoms with Crippen molar-refractivity contribution in [3.63, 3.8) is 0 Å². The van der Waals surface area contributed by atoms with Crippen molar-refractivity contribution in [2.24, 2.45) is 5.73 Å². The first-order valence-corrected chi connectivity index (χ1v) is 4.37. The second kappa shape index (κ2) is 4.55. The van der Waals surface area contributed by atoms with Gasteiger partial charge in [-0.15, -0.1) is 0 Å². The Labute approximate surface area is 89.5 Å². The molecule has 3 nitrogen and oxygen atoms in total. The molecule has 1 aromatic rings. The molecule has 0 amide bonds. The number of nitrogens with two attached hydrogens (primary N) is 1. The Bertz CT molecular complexity index is 384. The summed E-state index contributed by atoms with van der Waals surface area (Å²) in [5.74, 6) is -1.26. The minimum atomic E-state index is -2.64. The van der Waals surface area contributed by atoms with Crippen LogP contribution in [0.5, 0.6) is 0 Å². The molecule has 15 heavy (non-hydrogen) atoms. The molecular weight excluding hydrogens is 228 g/mol. The summed E-state index contributed by atoms with van der Waals surface area (Å²) in [7, 11) is 0. The van der Waals surface area contributed by atoms with E-state index in [1.54, 1.807) is 0 Å². The van der Waals surface area contributed by atoms with Crippen LogP contribution < -0.4 is 5.73 Å². The molecule has 1 unspecified atom stereocenters. The highest BCUT2D eigenvalue weighted by atomic mass is 35.5. The van der Waals surface area contributed by atoms with E-state index < -0.39 is 18.4 Å². The number of carbonyl (C=O) groups is 1. The van der Waals surface area contributed by atoms with Crippen LogP contribution in [0.1, 0.15) is 23.6 Å². The molecule has 0 aliphatic carbocycles. The molecule has 0 heterocycles. The number of carboxylic acid groups (broad SMARTS) is 1. The van der Waals surface area contributed by atoms with Gasteiger partial charge >= 0.3 is 5.97 Å². The minimum Gasteiger partial charge on any atom is -0.480 e. The fraction of sp³-hybridized carbons (Fsp3) is 0.222. The number of hydrogen-bond acceptors (Lipinski definition) is 2. The molecule has 0 spiro atoms. The van der Waals surface area contributed by atoms with Crippen molar-refractivity contribution in [2.45, 2.75) is 12.5 Å². The second-order valence-corrected chi connectivity index (χ2v) is 3.30. The predicted molar refractivity (Wildman–Crippen MR) is 51.0 cm³/mol. The van der Waals surface area contributed by atoms with Crippen molar-refractivity contribution in [1.29, 1.82) is 0 Å². The van der Waals surface area contributed by atoms with E-state index in [1.165, 1.54) is 6.07 Å². The van der Waals surface area contributed by atoms with Crippen LogP contribution in [0, 0.1) is 0 Å². The first-order valence-electron chi connectivity index (χ1n) is 3.99. The highest BCUT2D eigenvalue weighted by molar-refractivity contribution is 6.31. The lowest BCUT2D eigenvalue weighted by molar-refractivity contribution is -0.138. The average molecular weight is 236 g/mol. The molecule has 0 aliphatic rings. The van der Waals surface area contributed by atoms with Gasteiger partial charge in [-0.25, -0.2) is 8.78 Å². The Hall–Kier alpha value is -1.20. The van der Waals surface area contributed by atoms with Gasteiger partial charge in [-0.3, -0.25) is 4.79 Å². The van der Waals surface area contributed by atoms with Crippen LogP contribution >= 0.6 is 11.6 Å². The zero-order valence-corrected chi connectivity index (χ0v) is 8.21. The summed E-state index contributed by atoms with van der Waals surface area (Å²) in [5.41, 5.74) is 5.15. The highest BCUT2D eigenvalue weighted by Gasteiger charge is 2.18. The molecule has 0 fully saturated rings. The van der Waals surface area contributed by atoms with E-state index in [2.05, 4.69) is 0 Å². The van der Waals surface area contributed by atoms with Crippen molar-refractivity contribution < 1.29 is 18.7 Å². The summed E-state index contributed by atoms with van der Waals surface area (Å²) in [6, 6.07) is 2.02. The Morgan fingerprint density at radius 1 is 1.47 bits per heavy atom. The molecule has 0 saturated carbocycles. The molecule has 82 valence electrons. The molecule has 0 aliphatic heterocycles. The van der Waals surface area contributed by atoms with E-state index in [4.69, 9.17) is 22.4 Å². The van der Waals surface area contributed by atoms with E-state index in [0.717, 1.165) is 12.1 Å². The normalized spacial score (nSPS) is 12.9. The van der Waals surface area contributed by atoms with E-state index in [9.17, 15) is 13.6 Å². The third-order valence-electron chi connectivity index (χ3n) is 1.88. The predicted octanol–water partition coefficient (Wildman–Crippen LogP) is 2.36. The van der Waals surface area contributed by atoms with E-state index >= 15 is 0 Å². The maximum atomic E-state index is 12.2. The Morgan fingerprint density at radius 2 is 2.07 bits per heavy atom. The molecule has 0 radical (unpaired) electrons. The van der Waals surface area contributed by atoms with Crippen LogP contribution in [0.4, 0.5) is 8.78 Å². The summed E-state index contributed by atoms with van der Waals surface area (Å²) in [5, 5.41) is 8.54. The monoisotopic (exact) mass is 235 g/mol. The van der Waals surface area contributed by atoms with E-state index in [-0.39, 0.29) is 16.1 Å². The molecule has 0 aromatic heterocycles. The van der Waals surface area contributed by atoms with Crippen molar-refractivity contribution >= 4 is 17.6 Å². The Morgan fingerprint density at radius 3 is 2.47 bits per heavy atom. The summed E-state index contributed by atoms with van der Waals surface area (Å²) in [4.78, 5) is 10.5. The van der Waals surface area contributed by atoms with Crippen molar-refractivity contribution in [2.75, 3.05) is 0 Å². The zero-order valence-electron chi connectivity index (χ0n) is 7.45. The molecule has 1 atom stereocenters. The molecule has 1 aromatic carbocycles. The summed E-state index contributed by atoms with van der Waals surface area (Å²) >= 11 is 5.64. The lowest BCUT2D eigenvalue weighted by Gasteiger charge is -2.10. The van der Waals surface area contributed by atoms with Gasteiger partial charge in [0.15, 0.2) is 0 Å². The number of alkyl halides is 2. The van der Waals surface area contributed by atoms with Gasteiger partial charge in [0.05, 0.1) is 0 Å². The quantitative estimate of drug-likeness (QED) is 0.845. The van der Waals surface area contributed by atoms with Crippen molar-refractivity contribution in [1.82, 2.24) is 0 Å². The van der Waals surface area contributed by atoms with Gasteiger partial charge < -0.3 is 10.8 Å². The topological polar surface area (TPSA) is 63.3 Å². The number of hydrogen-bond donors (Lipinski definition) is 2. The second-order valence-electron chi connectivity index (χ2n) is 2.90. The van der Waals surface area contributed by atoms with Gasteiger partial charge in [0, 0.05) is 10.6 Å². The first kappa shape index (κ1) is 11.9. The van der Waals surface area contributed by atoms with Gasteiger partial charge in [0.1, 0.15) is 6.04 Å². The van der Waals surface area contributed by atoms with Crippen LogP contribution in [-0.4, -0.2) is 11.1 Å². The molecule has 6 heteroatoms. The zero-order chi connectivity index (χ0) is 11.6. The third kappa shape index (κ3) is 2.64. The lowest BCUT2D eigenvalue weighted by Crippen LogP contribution is -2.21. The summed E-state index contributed by atoms with van der Waals surface area (Å²) in [6.07, 6.45) is -2.64. The van der Waals surface area contributed by atoms with Gasteiger partial charge in [-0.1, -0.05) is 23.7 Å². The number of rotatable bonds is 3. The number of aliphatic carboxylic acids is 1. The number of halogens is 3. The molecule has 0 bridgehead atoms. The Balaban J connectivity index is 3.08. The highest BCUT2D eigenvalue weighted by Crippen LogP contribution is 2.27. The largest absolute Gasteiger partial charge is 0.480 e. The minimum absolute atomic E-state index is 0.0669. The van der Waals surface area contributed by atoms with Crippen molar-refractivity contribution in [3.8, 4) is 0 Å². The molecule has 3 N–H and O–H groups in total. The first-order chi connectivity index (χ1) is 6.93. The van der Waals surface area contributed by atoms with Gasteiger partial charge in [0.2, 0.25) is 0 Å². The van der Waals surface area contributed by atoms with Crippen LogP contribution in [0.25, 0.3) is 0 Å². The van der Waals surface area contributed by atoms with Crippen LogP contribution in [0.3, 0.4) is 0 Å².